The molecule has 0 spiro atoms. The lowest BCUT2D eigenvalue weighted by Gasteiger charge is -2.37. The number of aromatic nitrogens is 2. The smallest absolute Gasteiger partial charge is 0.225 e. The molecular weight excluding hydrogens is 292 g/mol. The maximum atomic E-state index is 11.9. The Bertz CT molecular complexity index is 589. The molecule has 2 aliphatic rings. The van der Waals surface area contributed by atoms with Crippen LogP contribution in [0.1, 0.15) is 19.3 Å². The van der Waals surface area contributed by atoms with Gasteiger partial charge in [0.15, 0.2) is 0 Å². The minimum Gasteiger partial charge on any atom is -0.356 e. The first-order valence-corrected chi connectivity index (χ1v) is 8.80. The summed E-state index contributed by atoms with van der Waals surface area (Å²) in [6, 6.07) is 0. The number of imidazole rings is 1. The molecule has 21 heavy (non-hydrogen) atoms. The summed E-state index contributed by atoms with van der Waals surface area (Å²) in [6.07, 6.45) is 7.72. The van der Waals surface area contributed by atoms with Crippen molar-refractivity contribution < 1.29 is 13.2 Å². The summed E-state index contributed by atoms with van der Waals surface area (Å²) < 4.78 is 27.2. The molecule has 8 heteroatoms. The Morgan fingerprint density at radius 3 is 2.71 bits per heavy atom. The highest BCUT2D eigenvalue weighted by molar-refractivity contribution is 7.90. The average Bonchev–Trinajstić information content (AvgIpc) is 3.12. The van der Waals surface area contributed by atoms with Crippen LogP contribution in [0.2, 0.25) is 0 Å². The van der Waals surface area contributed by atoms with Gasteiger partial charge in [-0.3, -0.25) is 4.79 Å². The van der Waals surface area contributed by atoms with Gasteiger partial charge in [0.2, 0.25) is 15.9 Å². The van der Waals surface area contributed by atoms with Crippen molar-refractivity contribution in [3.63, 3.8) is 0 Å². The van der Waals surface area contributed by atoms with Gasteiger partial charge in [0.25, 0.3) is 0 Å². The number of aryl methyl sites for hydroxylation is 1. The predicted octanol–water partition coefficient (Wildman–Crippen LogP) is -0.187. The van der Waals surface area contributed by atoms with E-state index in [1.165, 1.54) is 4.31 Å². The number of nitrogens with one attached hydrogen (secondary N) is 1. The quantitative estimate of drug-likeness (QED) is 0.708. The van der Waals surface area contributed by atoms with Crippen molar-refractivity contribution in [3.05, 3.63) is 18.7 Å². The van der Waals surface area contributed by atoms with E-state index >= 15 is 0 Å². The number of nitrogens with zero attached hydrogens (tertiary/aromatic N) is 3. The van der Waals surface area contributed by atoms with Gasteiger partial charge < -0.3 is 9.88 Å². The van der Waals surface area contributed by atoms with E-state index in [9.17, 15) is 13.2 Å². The largest absolute Gasteiger partial charge is 0.356 e. The van der Waals surface area contributed by atoms with Crippen LogP contribution >= 0.6 is 0 Å². The Hall–Kier alpha value is -1.41. The van der Waals surface area contributed by atoms with Crippen LogP contribution in [0, 0.1) is 5.92 Å². The molecule has 2 heterocycles. The Morgan fingerprint density at radius 2 is 2.10 bits per heavy atom. The van der Waals surface area contributed by atoms with Gasteiger partial charge in [0.05, 0.1) is 17.5 Å². The van der Waals surface area contributed by atoms with Crippen molar-refractivity contribution in [2.24, 2.45) is 5.92 Å². The molecule has 3 rings (SSSR count). The summed E-state index contributed by atoms with van der Waals surface area (Å²) in [5.41, 5.74) is 0. The summed E-state index contributed by atoms with van der Waals surface area (Å²) in [6.45, 7) is 2.09. The lowest BCUT2D eigenvalue weighted by molar-refractivity contribution is -0.128. The standard InChI is InChI=1S/C13H20N4O3S/c18-13(15-4-1-6-16-7-5-14-10-16)11-8-17(9-11)21(19,20)12-2-3-12/h5,7,10-12H,1-4,6,8-9H2,(H,15,18). The van der Waals surface area contributed by atoms with E-state index < -0.39 is 10.0 Å². The zero-order valence-corrected chi connectivity index (χ0v) is 12.6. The van der Waals surface area contributed by atoms with Gasteiger partial charge in [0, 0.05) is 38.6 Å². The number of carbonyl (C=O) groups is 1. The molecule has 116 valence electrons. The van der Waals surface area contributed by atoms with Crippen LogP contribution in [-0.4, -0.2) is 53.1 Å². The Balaban J connectivity index is 1.34. The maximum absolute atomic E-state index is 11.9. The molecule has 1 aromatic heterocycles. The molecule has 1 N–H and O–H groups in total. The maximum Gasteiger partial charge on any atom is 0.225 e. The molecule has 1 saturated carbocycles. The number of sulfonamides is 1. The van der Waals surface area contributed by atoms with Gasteiger partial charge in [-0.25, -0.2) is 13.4 Å². The molecule has 2 fully saturated rings. The van der Waals surface area contributed by atoms with Crippen molar-refractivity contribution in [1.29, 1.82) is 0 Å². The predicted molar refractivity (Wildman–Crippen MR) is 76.9 cm³/mol. The number of rotatable bonds is 7. The van der Waals surface area contributed by atoms with E-state index in [2.05, 4.69) is 10.3 Å². The fraction of sp³-hybridized carbons (Fsp3) is 0.692. The van der Waals surface area contributed by atoms with Crippen LogP contribution in [-0.2, 0) is 21.4 Å². The zero-order chi connectivity index (χ0) is 14.9. The summed E-state index contributed by atoms with van der Waals surface area (Å²) >= 11 is 0. The molecule has 1 aliphatic carbocycles. The molecule has 0 bridgehead atoms. The van der Waals surface area contributed by atoms with Gasteiger partial charge in [0.1, 0.15) is 0 Å². The summed E-state index contributed by atoms with van der Waals surface area (Å²) in [7, 11) is -3.11. The summed E-state index contributed by atoms with van der Waals surface area (Å²) in [5.74, 6) is -0.227. The second kappa shape index (κ2) is 5.76. The number of carbonyl (C=O) groups excluding carboxylic acids is 1. The molecule has 1 amide bonds. The lowest BCUT2D eigenvalue weighted by Crippen LogP contribution is -2.56. The van der Waals surface area contributed by atoms with Gasteiger partial charge in [-0.05, 0) is 19.3 Å². The van der Waals surface area contributed by atoms with Crippen molar-refractivity contribution in [2.45, 2.75) is 31.1 Å². The molecule has 0 radical (unpaired) electrons. The lowest BCUT2D eigenvalue weighted by atomic mass is 10.0. The Morgan fingerprint density at radius 1 is 1.33 bits per heavy atom. The molecule has 0 atom stereocenters. The first-order chi connectivity index (χ1) is 10.1. The van der Waals surface area contributed by atoms with Crippen LogP contribution in [0.25, 0.3) is 0 Å². The third-order valence-electron chi connectivity index (χ3n) is 3.98. The average molecular weight is 312 g/mol. The minimum atomic E-state index is -3.11. The van der Waals surface area contributed by atoms with Crippen molar-refractivity contribution in [3.8, 4) is 0 Å². The fourth-order valence-corrected chi connectivity index (χ4v) is 4.35. The number of amides is 1. The zero-order valence-electron chi connectivity index (χ0n) is 11.8. The second-order valence-corrected chi connectivity index (χ2v) is 7.92. The van der Waals surface area contributed by atoms with E-state index in [0.29, 0.717) is 19.6 Å². The highest BCUT2D eigenvalue weighted by Gasteiger charge is 2.46. The Labute approximate surface area is 124 Å². The van der Waals surface area contributed by atoms with E-state index in [-0.39, 0.29) is 17.1 Å². The monoisotopic (exact) mass is 312 g/mol. The molecule has 7 nitrogen and oxygen atoms in total. The normalized spacial score (nSPS) is 20.2. The molecule has 1 aliphatic heterocycles. The summed E-state index contributed by atoms with van der Waals surface area (Å²) in [5, 5.41) is 2.69. The highest BCUT2D eigenvalue weighted by Crippen LogP contribution is 2.34. The van der Waals surface area contributed by atoms with E-state index in [4.69, 9.17) is 0 Å². The third kappa shape index (κ3) is 3.26. The third-order valence-corrected chi connectivity index (χ3v) is 6.31. The van der Waals surface area contributed by atoms with Crippen molar-refractivity contribution >= 4 is 15.9 Å². The van der Waals surface area contributed by atoms with Crippen LogP contribution in [0.15, 0.2) is 18.7 Å². The first-order valence-electron chi connectivity index (χ1n) is 7.30. The van der Waals surface area contributed by atoms with Gasteiger partial charge in [-0.2, -0.15) is 4.31 Å². The van der Waals surface area contributed by atoms with Crippen molar-refractivity contribution in [1.82, 2.24) is 19.2 Å². The molecule has 1 aromatic rings. The van der Waals surface area contributed by atoms with Crippen LogP contribution in [0.5, 0.6) is 0 Å². The SMILES string of the molecule is O=C(NCCCn1ccnc1)C1CN(S(=O)(=O)C2CC2)C1. The van der Waals surface area contributed by atoms with E-state index in [0.717, 1.165) is 25.8 Å². The first kappa shape index (κ1) is 14.5. The molecular formula is C13H20N4O3S. The van der Waals surface area contributed by atoms with Crippen LogP contribution in [0.4, 0.5) is 0 Å². The highest BCUT2D eigenvalue weighted by atomic mass is 32.2. The van der Waals surface area contributed by atoms with Gasteiger partial charge >= 0.3 is 0 Å². The second-order valence-electron chi connectivity index (χ2n) is 5.70. The Kier molecular flexibility index (Phi) is 3.99. The van der Waals surface area contributed by atoms with E-state index in [1.54, 1.807) is 12.5 Å². The fourth-order valence-electron chi connectivity index (χ4n) is 2.43. The number of hydrogen-bond acceptors (Lipinski definition) is 4. The minimum absolute atomic E-state index is 0.0390. The number of hydrogen-bond donors (Lipinski definition) is 1. The molecule has 1 saturated heterocycles. The topological polar surface area (TPSA) is 84.3 Å². The van der Waals surface area contributed by atoms with Crippen LogP contribution in [0.3, 0.4) is 0 Å². The molecule has 0 aromatic carbocycles. The van der Waals surface area contributed by atoms with E-state index in [1.807, 2.05) is 10.8 Å². The molecule has 0 unspecified atom stereocenters. The van der Waals surface area contributed by atoms with Gasteiger partial charge in [-0.1, -0.05) is 0 Å². The van der Waals surface area contributed by atoms with Crippen molar-refractivity contribution in [2.75, 3.05) is 19.6 Å². The van der Waals surface area contributed by atoms with Crippen LogP contribution < -0.4 is 5.32 Å². The summed E-state index contributed by atoms with van der Waals surface area (Å²) in [4.78, 5) is 15.8. The van der Waals surface area contributed by atoms with Gasteiger partial charge in [-0.15, -0.1) is 0 Å².